The molecule has 1 aromatic rings. The standard InChI is InChI=1S/C19H26BrN3O3/c1-5-22(12-16(24)21-19(2,3)4)18(26)13-9-17(25)23(11-13)15-8-6-7-14(20)10-15/h6-8,10,13H,5,9,11-12H2,1-4H3,(H,21,24)/t13-/m0/s1. The predicted octanol–water partition coefficient (Wildman–Crippen LogP) is 2.57. The highest BCUT2D eigenvalue weighted by molar-refractivity contribution is 9.10. The van der Waals surface area contributed by atoms with Gasteiger partial charge < -0.3 is 15.1 Å². The summed E-state index contributed by atoms with van der Waals surface area (Å²) in [6.45, 7) is 8.31. The van der Waals surface area contributed by atoms with Crippen LogP contribution in [0, 0.1) is 5.92 Å². The maximum absolute atomic E-state index is 12.8. The molecule has 0 radical (unpaired) electrons. The van der Waals surface area contributed by atoms with E-state index in [9.17, 15) is 14.4 Å². The average Bonchev–Trinajstić information content (AvgIpc) is 2.92. The molecular weight excluding hydrogens is 398 g/mol. The molecule has 1 atom stereocenters. The fourth-order valence-corrected chi connectivity index (χ4v) is 3.39. The van der Waals surface area contributed by atoms with Crippen LogP contribution in [0.25, 0.3) is 0 Å². The van der Waals surface area contributed by atoms with Crippen LogP contribution in [0.3, 0.4) is 0 Å². The maximum Gasteiger partial charge on any atom is 0.240 e. The highest BCUT2D eigenvalue weighted by Gasteiger charge is 2.37. The first-order valence-electron chi connectivity index (χ1n) is 8.76. The number of likely N-dealkylation sites (N-methyl/N-ethyl adjacent to an activating group) is 1. The molecule has 142 valence electrons. The molecule has 1 fully saturated rings. The average molecular weight is 424 g/mol. The summed E-state index contributed by atoms with van der Waals surface area (Å²) in [5, 5.41) is 2.86. The Hall–Kier alpha value is -1.89. The van der Waals surface area contributed by atoms with Crippen molar-refractivity contribution >= 4 is 39.3 Å². The second kappa shape index (κ2) is 8.20. The first-order chi connectivity index (χ1) is 12.1. The summed E-state index contributed by atoms with van der Waals surface area (Å²) < 4.78 is 0.881. The number of hydrogen-bond acceptors (Lipinski definition) is 3. The Balaban J connectivity index is 2.04. The van der Waals surface area contributed by atoms with Crippen LogP contribution < -0.4 is 10.2 Å². The molecule has 0 bridgehead atoms. The van der Waals surface area contributed by atoms with Gasteiger partial charge in [-0.05, 0) is 45.9 Å². The lowest BCUT2D eigenvalue weighted by Gasteiger charge is -2.26. The van der Waals surface area contributed by atoms with Gasteiger partial charge in [-0.15, -0.1) is 0 Å². The molecule has 0 spiro atoms. The molecule has 1 aromatic carbocycles. The highest BCUT2D eigenvalue weighted by atomic mass is 79.9. The first-order valence-corrected chi connectivity index (χ1v) is 9.55. The number of benzene rings is 1. The van der Waals surface area contributed by atoms with Crippen LogP contribution in [0.1, 0.15) is 34.1 Å². The zero-order chi connectivity index (χ0) is 19.5. The van der Waals surface area contributed by atoms with Crippen molar-refractivity contribution in [2.45, 2.75) is 39.7 Å². The van der Waals surface area contributed by atoms with E-state index in [1.165, 1.54) is 4.90 Å². The van der Waals surface area contributed by atoms with Crippen molar-refractivity contribution in [2.24, 2.45) is 5.92 Å². The molecular formula is C19H26BrN3O3. The molecule has 1 N–H and O–H groups in total. The van der Waals surface area contributed by atoms with E-state index in [1.807, 2.05) is 52.0 Å². The molecule has 0 saturated carbocycles. The Bertz CT molecular complexity index is 700. The minimum Gasteiger partial charge on any atom is -0.350 e. The van der Waals surface area contributed by atoms with Gasteiger partial charge in [0.15, 0.2) is 0 Å². The van der Waals surface area contributed by atoms with Gasteiger partial charge in [-0.25, -0.2) is 0 Å². The fraction of sp³-hybridized carbons (Fsp3) is 0.526. The third-order valence-corrected chi connectivity index (χ3v) is 4.63. The second-order valence-electron chi connectivity index (χ2n) is 7.54. The number of halogens is 1. The lowest BCUT2D eigenvalue weighted by atomic mass is 10.1. The van der Waals surface area contributed by atoms with Crippen LogP contribution in [-0.2, 0) is 14.4 Å². The highest BCUT2D eigenvalue weighted by Crippen LogP contribution is 2.28. The molecule has 3 amide bonds. The summed E-state index contributed by atoms with van der Waals surface area (Å²) in [5.41, 5.74) is 0.425. The Morgan fingerprint density at radius 3 is 2.62 bits per heavy atom. The number of amides is 3. The van der Waals surface area contributed by atoms with E-state index in [0.717, 1.165) is 10.2 Å². The van der Waals surface area contributed by atoms with E-state index in [2.05, 4.69) is 21.2 Å². The lowest BCUT2D eigenvalue weighted by molar-refractivity contribution is -0.139. The van der Waals surface area contributed by atoms with Gasteiger partial charge in [0.1, 0.15) is 0 Å². The Kier molecular flexibility index (Phi) is 6.44. The van der Waals surface area contributed by atoms with Crippen LogP contribution in [0.15, 0.2) is 28.7 Å². The summed E-state index contributed by atoms with van der Waals surface area (Å²) >= 11 is 3.40. The Morgan fingerprint density at radius 1 is 1.35 bits per heavy atom. The minimum atomic E-state index is -0.427. The smallest absolute Gasteiger partial charge is 0.240 e. The maximum atomic E-state index is 12.8. The molecule has 1 aliphatic rings. The van der Waals surface area contributed by atoms with Crippen molar-refractivity contribution in [1.29, 1.82) is 0 Å². The van der Waals surface area contributed by atoms with E-state index in [1.54, 1.807) is 4.90 Å². The molecule has 2 rings (SSSR count). The first kappa shape index (κ1) is 20.4. The number of carbonyl (C=O) groups excluding carboxylic acids is 3. The molecule has 1 saturated heterocycles. The van der Waals surface area contributed by atoms with Gasteiger partial charge in [-0.1, -0.05) is 22.0 Å². The van der Waals surface area contributed by atoms with E-state index < -0.39 is 5.92 Å². The second-order valence-corrected chi connectivity index (χ2v) is 8.45. The van der Waals surface area contributed by atoms with Gasteiger partial charge in [0.05, 0.1) is 12.5 Å². The monoisotopic (exact) mass is 423 g/mol. The third kappa shape index (κ3) is 5.30. The molecule has 0 aromatic heterocycles. The van der Waals surface area contributed by atoms with E-state index in [-0.39, 0.29) is 36.2 Å². The van der Waals surface area contributed by atoms with Gasteiger partial charge in [0.25, 0.3) is 0 Å². The van der Waals surface area contributed by atoms with Gasteiger partial charge >= 0.3 is 0 Å². The summed E-state index contributed by atoms with van der Waals surface area (Å²) in [4.78, 5) is 40.5. The molecule has 7 heteroatoms. The summed E-state index contributed by atoms with van der Waals surface area (Å²) in [5.74, 6) is -0.844. The van der Waals surface area contributed by atoms with Crippen molar-refractivity contribution in [3.63, 3.8) is 0 Å². The topological polar surface area (TPSA) is 69.7 Å². The Morgan fingerprint density at radius 2 is 2.04 bits per heavy atom. The van der Waals surface area contributed by atoms with Crippen molar-refractivity contribution in [2.75, 3.05) is 24.5 Å². The lowest BCUT2D eigenvalue weighted by Crippen LogP contribution is -2.48. The largest absolute Gasteiger partial charge is 0.350 e. The number of anilines is 1. The van der Waals surface area contributed by atoms with Crippen molar-refractivity contribution in [3.8, 4) is 0 Å². The molecule has 26 heavy (non-hydrogen) atoms. The zero-order valence-electron chi connectivity index (χ0n) is 15.7. The van der Waals surface area contributed by atoms with Crippen LogP contribution in [0.5, 0.6) is 0 Å². The number of carbonyl (C=O) groups is 3. The van der Waals surface area contributed by atoms with Gasteiger partial charge in [0.2, 0.25) is 17.7 Å². The van der Waals surface area contributed by atoms with E-state index in [0.29, 0.717) is 13.1 Å². The molecule has 1 heterocycles. The molecule has 0 unspecified atom stereocenters. The van der Waals surface area contributed by atoms with Crippen molar-refractivity contribution in [1.82, 2.24) is 10.2 Å². The van der Waals surface area contributed by atoms with E-state index in [4.69, 9.17) is 0 Å². The molecule has 1 aliphatic heterocycles. The third-order valence-electron chi connectivity index (χ3n) is 4.14. The number of hydrogen-bond donors (Lipinski definition) is 1. The summed E-state index contributed by atoms with van der Waals surface area (Å²) in [6.07, 6.45) is 0.169. The van der Waals surface area contributed by atoms with E-state index >= 15 is 0 Å². The zero-order valence-corrected chi connectivity index (χ0v) is 17.3. The molecule has 6 nitrogen and oxygen atoms in total. The normalized spacial score (nSPS) is 17.3. The SMILES string of the molecule is CCN(CC(=O)NC(C)(C)C)C(=O)[C@H]1CC(=O)N(c2cccc(Br)c2)C1. The van der Waals surface area contributed by atoms with Gasteiger partial charge in [-0.3, -0.25) is 14.4 Å². The van der Waals surface area contributed by atoms with Crippen LogP contribution >= 0.6 is 15.9 Å². The van der Waals surface area contributed by atoms with Crippen molar-refractivity contribution in [3.05, 3.63) is 28.7 Å². The van der Waals surface area contributed by atoms with Crippen LogP contribution in [0.2, 0.25) is 0 Å². The van der Waals surface area contributed by atoms with Crippen LogP contribution in [-0.4, -0.2) is 47.8 Å². The summed E-state index contributed by atoms with van der Waals surface area (Å²) in [7, 11) is 0. The number of nitrogens with one attached hydrogen (secondary N) is 1. The minimum absolute atomic E-state index is 0.00811. The van der Waals surface area contributed by atoms with Crippen molar-refractivity contribution < 1.29 is 14.4 Å². The van der Waals surface area contributed by atoms with Gasteiger partial charge in [0, 0.05) is 35.2 Å². The molecule has 0 aliphatic carbocycles. The van der Waals surface area contributed by atoms with Gasteiger partial charge in [-0.2, -0.15) is 0 Å². The predicted molar refractivity (Wildman–Crippen MR) is 105 cm³/mol. The number of nitrogens with zero attached hydrogens (tertiary/aromatic N) is 2. The summed E-state index contributed by atoms with van der Waals surface area (Å²) in [6, 6.07) is 7.46. The quantitative estimate of drug-likeness (QED) is 0.790. The number of rotatable bonds is 5. The fourth-order valence-electron chi connectivity index (χ4n) is 3.00. The Labute approximate surface area is 163 Å². The van der Waals surface area contributed by atoms with Crippen LogP contribution in [0.4, 0.5) is 5.69 Å².